The van der Waals surface area contributed by atoms with E-state index < -0.39 is 0 Å². The third-order valence-corrected chi connectivity index (χ3v) is 5.23. The van der Waals surface area contributed by atoms with Gasteiger partial charge in [0.05, 0.1) is 36.3 Å². The molecule has 0 radical (unpaired) electrons. The molecule has 0 amide bonds. The van der Waals surface area contributed by atoms with Crippen LogP contribution in [-0.2, 0) is 6.54 Å². The van der Waals surface area contributed by atoms with Crippen LogP contribution in [0.3, 0.4) is 0 Å². The van der Waals surface area contributed by atoms with Crippen LogP contribution in [0.2, 0.25) is 0 Å². The fraction of sp³-hybridized carbons (Fsp3) is 0.250. The van der Waals surface area contributed by atoms with Crippen molar-refractivity contribution in [3.05, 3.63) is 87.9 Å². The average Bonchev–Trinajstić information content (AvgIpc) is 2.76. The Morgan fingerprint density at radius 3 is 2.58 bits per heavy atom. The number of fused-ring (bicyclic) bond motifs is 1. The number of para-hydroxylation sites is 2. The molecule has 0 spiro atoms. The summed E-state index contributed by atoms with van der Waals surface area (Å²) in [6.45, 7) is 6.06. The standard InChI is InChI=1S/C24H25N5O2/c1-15(19-9-6-8-12-22(19)31-4)25-23-13-18(26-16(2)27-23)14-29-17(3)28-21-11-7-5-10-20(21)24(29)30/h5-13,15H,14H2,1-4H3,(H,25,26,27). The first-order valence-corrected chi connectivity index (χ1v) is 10.2. The van der Waals surface area contributed by atoms with Gasteiger partial charge in [-0.1, -0.05) is 30.3 Å². The van der Waals surface area contributed by atoms with Crippen molar-refractivity contribution >= 4 is 16.7 Å². The number of aromatic nitrogens is 4. The maximum absolute atomic E-state index is 13.0. The molecule has 0 saturated carbocycles. The topological polar surface area (TPSA) is 81.9 Å². The van der Waals surface area contributed by atoms with E-state index >= 15 is 0 Å². The highest BCUT2D eigenvalue weighted by Gasteiger charge is 2.14. The highest BCUT2D eigenvalue weighted by Crippen LogP contribution is 2.27. The SMILES string of the molecule is COc1ccccc1C(C)Nc1cc(Cn2c(C)nc3ccccc3c2=O)nc(C)n1. The summed E-state index contributed by atoms with van der Waals surface area (Å²) in [5.41, 5.74) is 2.41. The third-order valence-electron chi connectivity index (χ3n) is 5.23. The lowest BCUT2D eigenvalue weighted by Crippen LogP contribution is -2.25. The minimum absolute atomic E-state index is 0.0231. The molecule has 0 aliphatic heterocycles. The normalized spacial score (nSPS) is 12.0. The highest BCUT2D eigenvalue weighted by molar-refractivity contribution is 5.77. The van der Waals surface area contributed by atoms with E-state index in [0.717, 1.165) is 17.0 Å². The predicted octanol–water partition coefficient (Wildman–Crippen LogP) is 4.03. The van der Waals surface area contributed by atoms with Gasteiger partial charge in [0.25, 0.3) is 5.56 Å². The number of hydrogen-bond acceptors (Lipinski definition) is 6. The van der Waals surface area contributed by atoms with E-state index in [1.807, 2.05) is 62.4 Å². The van der Waals surface area contributed by atoms with Gasteiger partial charge >= 0.3 is 0 Å². The molecule has 158 valence electrons. The molecule has 7 nitrogen and oxygen atoms in total. The largest absolute Gasteiger partial charge is 0.496 e. The van der Waals surface area contributed by atoms with Gasteiger partial charge in [-0.25, -0.2) is 15.0 Å². The average molecular weight is 415 g/mol. The first-order chi connectivity index (χ1) is 15.0. The molecular formula is C24H25N5O2. The number of nitrogens with one attached hydrogen (secondary N) is 1. The fourth-order valence-electron chi connectivity index (χ4n) is 3.74. The second-order valence-electron chi connectivity index (χ2n) is 7.47. The quantitative estimate of drug-likeness (QED) is 0.512. The zero-order chi connectivity index (χ0) is 22.0. The summed E-state index contributed by atoms with van der Waals surface area (Å²) < 4.78 is 7.12. The molecule has 31 heavy (non-hydrogen) atoms. The van der Waals surface area contributed by atoms with Crippen LogP contribution in [0.15, 0.2) is 59.4 Å². The van der Waals surface area contributed by atoms with E-state index in [1.165, 1.54) is 0 Å². The van der Waals surface area contributed by atoms with E-state index in [0.29, 0.717) is 34.9 Å². The van der Waals surface area contributed by atoms with Crippen molar-refractivity contribution in [1.82, 2.24) is 19.5 Å². The number of anilines is 1. The molecule has 0 aliphatic carbocycles. The van der Waals surface area contributed by atoms with Crippen LogP contribution in [0.5, 0.6) is 5.75 Å². The summed E-state index contributed by atoms with van der Waals surface area (Å²) >= 11 is 0. The van der Waals surface area contributed by atoms with Crippen molar-refractivity contribution < 1.29 is 4.74 Å². The van der Waals surface area contributed by atoms with E-state index in [2.05, 4.69) is 27.2 Å². The van der Waals surface area contributed by atoms with Crippen LogP contribution in [-0.4, -0.2) is 26.6 Å². The Balaban J connectivity index is 1.65. The van der Waals surface area contributed by atoms with Crippen molar-refractivity contribution in [1.29, 1.82) is 0 Å². The van der Waals surface area contributed by atoms with Gasteiger partial charge in [0.2, 0.25) is 0 Å². The second kappa shape index (κ2) is 8.55. The molecule has 1 N–H and O–H groups in total. The van der Waals surface area contributed by atoms with Gasteiger partial charge in [0.1, 0.15) is 23.2 Å². The number of aryl methyl sites for hydroxylation is 2. The molecular weight excluding hydrogens is 390 g/mol. The Kier molecular flexibility index (Phi) is 5.66. The maximum atomic E-state index is 13.0. The number of methoxy groups -OCH3 is 1. The molecule has 0 saturated heterocycles. The van der Waals surface area contributed by atoms with E-state index in [4.69, 9.17) is 4.74 Å². The highest BCUT2D eigenvalue weighted by atomic mass is 16.5. The summed E-state index contributed by atoms with van der Waals surface area (Å²) in [4.78, 5) is 26.6. The Morgan fingerprint density at radius 1 is 1.03 bits per heavy atom. The van der Waals surface area contributed by atoms with Gasteiger partial charge in [-0.3, -0.25) is 9.36 Å². The molecule has 1 atom stereocenters. The van der Waals surface area contributed by atoms with Crippen molar-refractivity contribution in [3.8, 4) is 5.75 Å². The minimum Gasteiger partial charge on any atom is -0.496 e. The molecule has 0 aliphatic rings. The summed E-state index contributed by atoms with van der Waals surface area (Å²) in [6, 6.07) is 17.1. The van der Waals surface area contributed by atoms with Gasteiger partial charge in [0.15, 0.2) is 0 Å². The summed E-state index contributed by atoms with van der Waals surface area (Å²) in [5.74, 6) is 2.79. The molecule has 2 heterocycles. The first kappa shape index (κ1) is 20.5. The molecule has 0 bridgehead atoms. The number of benzene rings is 2. The monoisotopic (exact) mass is 415 g/mol. The zero-order valence-corrected chi connectivity index (χ0v) is 18.1. The zero-order valence-electron chi connectivity index (χ0n) is 18.1. The van der Waals surface area contributed by atoms with Crippen LogP contribution in [0.4, 0.5) is 5.82 Å². The van der Waals surface area contributed by atoms with Gasteiger partial charge in [0, 0.05) is 11.6 Å². The Labute approximate surface area is 180 Å². The molecule has 7 heteroatoms. The van der Waals surface area contributed by atoms with Crippen molar-refractivity contribution in [2.75, 3.05) is 12.4 Å². The van der Waals surface area contributed by atoms with E-state index in [-0.39, 0.29) is 11.6 Å². The van der Waals surface area contributed by atoms with Crippen LogP contribution in [0.25, 0.3) is 10.9 Å². The maximum Gasteiger partial charge on any atom is 0.261 e. The lowest BCUT2D eigenvalue weighted by molar-refractivity contribution is 0.408. The van der Waals surface area contributed by atoms with Crippen molar-refractivity contribution in [2.24, 2.45) is 0 Å². The predicted molar refractivity (Wildman–Crippen MR) is 122 cm³/mol. The Hall–Kier alpha value is -3.74. The van der Waals surface area contributed by atoms with E-state index in [9.17, 15) is 4.79 Å². The van der Waals surface area contributed by atoms with E-state index in [1.54, 1.807) is 17.7 Å². The number of rotatable bonds is 6. The van der Waals surface area contributed by atoms with Crippen LogP contribution >= 0.6 is 0 Å². The van der Waals surface area contributed by atoms with Crippen LogP contribution < -0.4 is 15.6 Å². The second-order valence-corrected chi connectivity index (χ2v) is 7.47. The molecule has 0 fully saturated rings. The van der Waals surface area contributed by atoms with Crippen molar-refractivity contribution in [2.45, 2.75) is 33.4 Å². The fourth-order valence-corrected chi connectivity index (χ4v) is 3.74. The molecule has 2 aromatic carbocycles. The van der Waals surface area contributed by atoms with Gasteiger partial charge in [-0.05, 0) is 39.0 Å². The van der Waals surface area contributed by atoms with Gasteiger partial charge in [-0.2, -0.15) is 0 Å². The van der Waals surface area contributed by atoms with Gasteiger partial charge < -0.3 is 10.1 Å². The number of hydrogen-bond donors (Lipinski definition) is 1. The summed E-state index contributed by atoms with van der Waals surface area (Å²) in [7, 11) is 1.66. The third kappa shape index (κ3) is 4.26. The molecule has 1 unspecified atom stereocenters. The van der Waals surface area contributed by atoms with Crippen LogP contribution in [0, 0.1) is 13.8 Å². The lowest BCUT2D eigenvalue weighted by atomic mass is 10.1. The lowest BCUT2D eigenvalue weighted by Gasteiger charge is -2.18. The first-order valence-electron chi connectivity index (χ1n) is 10.2. The Morgan fingerprint density at radius 2 is 1.77 bits per heavy atom. The van der Waals surface area contributed by atoms with Crippen molar-refractivity contribution in [3.63, 3.8) is 0 Å². The summed E-state index contributed by atoms with van der Waals surface area (Å²) in [6.07, 6.45) is 0. The smallest absolute Gasteiger partial charge is 0.261 e. The van der Waals surface area contributed by atoms with Gasteiger partial charge in [-0.15, -0.1) is 0 Å². The minimum atomic E-state index is -0.0729. The summed E-state index contributed by atoms with van der Waals surface area (Å²) in [5, 5.41) is 4.02. The molecule has 4 aromatic rings. The Bertz CT molecular complexity index is 1300. The number of nitrogens with zero attached hydrogens (tertiary/aromatic N) is 4. The molecule has 4 rings (SSSR count). The van der Waals surface area contributed by atoms with Crippen LogP contribution in [0.1, 0.15) is 35.9 Å². The number of ether oxygens (including phenoxy) is 1. The molecule has 2 aromatic heterocycles.